The molecule has 0 amide bonds. The SMILES string of the molecule is O=[N+]([O-])c1cc(Cl)nc(SCCCO)c1. The summed E-state index contributed by atoms with van der Waals surface area (Å²) in [6.07, 6.45) is 0.618. The lowest BCUT2D eigenvalue weighted by Crippen LogP contribution is -1.92. The van der Waals surface area contributed by atoms with Crippen molar-refractivity contribution in [2.75, 3.05) is 12.4 Å². The molecule has 0 aliphatic heterocycles. The van der Waals surface area contributed by atoms with Crippen LogP contribution in [0.25, 0.3) is 0 Å². The minimum Gasteiger partial charge on any atom is -0.396 e. The largest absolute Gasteiger partial charge is 0.396 e. The van der Waals surface area contributed by atoms with E-state index in [1.165, 1.54) is 23.9 Å². The molecular formula is C8H9ClN2O3S. The summed E-state index contributed by atoms with van der Waals surface area (Å²) in [6, 6.07) is 2.57. The first kappa shape index (κ1) is 12.2. The van der Waals surface area contributed by atoms with Crippen molar-refractivity contribution in [3.63, 3.8) is 0 Å². The Morgan fingerprint density at radius 3 is 2.93 bits per heavy atom. The van der Waals surface area contributed by atoms with E-state index in [9.17, 15) is 10.1 Å². The summed E-state index contributed by atoms with van der Waals surface area (Å²) < 4.78 is 0. The smallest absolute Gasteiger partial charge is 0.275 e. The number of aromatic nitrogens is 1. The van der Waals surface area contributed by atoms with E-state index in [2.05, 4.69) is 4.98 Å². The number of nitro groups is 1. The normalized spacial score (nSPS) is 10.3. The topological polar surface area (TPSA) is 76.3 Å². The Morgan fingerprint density at radius 2 is 2.33 bits per heavy atom. The van der Waals surface area contributed by atoms with Crippen molar-refractivity contribution < 1.29 is 10.0 Å². The van der Waals surface area contributed by atoms with Gasteiger partial charge in [0.25, 0.3) is 5.69 Å². The summed E-state index contributed by atoms with van der Waals surface area (Å²) >= 11 is 6.96. The number of rotatable bonds is 5. The van der Waals surface area contributed by atoms with Gasteiger partial charge < -0.3 is 5.11 Å². The summed E-state index contributed by atoms with van der Waals surface area (Å²) in [6.45, 7) is 0.0929. The number of halogens is 1. The van der Waals surface area contributed by atoms with Gasteiger partial charge in [-0.2, -0.15) is 0 Å². The molecule has 0 unspecified atom stereocenters. The third-order valence-corrected chi connectivity index (χ3v) is 2.71. The maximum Gasteiger partial charge on any atom is 0.275 e. The van der Waals surface area contributed by atoms with E-state index in [4.69, 9.17) is 16.7 Å². The van der Waals surface area contributed by atoms with Crippen molar-refractivity contribution in [3.8, 4) is 0 Å². The quantitative estimate of drug-likeness (QED) is 0.284. The predicted molar refractivity (Wildman–Crippen MR) is 58.3 cm³/mol. The van der Waals surface area contributed by atoms with Gasteiger partial charge in [0, 0.05) is 18.4 Å². The zero-order valence-electron chi connectivity index (χ0n) is 7.72. The van der Waals surface area contributed by atoms with Gasteiger partial charge in [-0.15, -0.1) is 11.8 Å². The van der Waals surface area contributed by atoms with Crippen LogP contribution in [0.2, 0.25) is 5.15 Å². The molecule has 0 radical (unpaired) electrons. The number of hydrogen-bond donors (Lipinski definition) is 1. The minimum atomic E-state index is -0.510. The van der Waals surface area contributed by atoms with Crippen molar-refractivity contribution in [2.45, 2.75) is 11.4 Å². The molecule has 7 heteroatoms. The van der Waals surface area contributed by atoms with Crippen molar-refractivity contribution >= 4 is 29.1 Å². The molecule has 0 saturated heterocycles. The highest BCUT2D eigenvalue weighted by molar-refractivity contribution is 7.99. The molecule has 1 heterocycles. The van der Waals surface area contributed by atoms with Crippen LogP contribution in [0.1, 0.15) is 6.42 Å². The van der Waals surface area contributed by atoms with Crippen LogP contribution in [0.15, 0.2) is 17.2 Å². The molecule has 1 rings (SSSR count). The zero-order chi connectivity index (χ0) is 11.3. The Labute approximate surface area is 95.6 Å². The van der Waals surface area contributed by atoms with Crippen molar-refractivity contribution in [2.24, 2.45) is 0 Å². The van der Waals surface area contributed by atoms with E-state index in [-0.39, 0.29) is 17.4 Å². The molecular weight excluding hydrogens is 240 g/mol. The molecule has 0 aliphatic rings. The lowest BCUT2D eigenvalue weighted by Gasteiger charge is -2.00. The number of aliphatic hydroxyl groups excluding tert-OH is 1. The lowest BCUT2D eigenvalue weighted by molar-refractivity contribution is -0.385. The van der Waals surface area contributed by atoms with Crippen molar-refractivity contribution in [1.82, 2.24) is 4.98 Å². The molecule has 1 N–H and O–H groups in total. The molecule has 0 fully saturated rings. The molecule has 5 nitrogen and oxygen atoms in total. The fourth-order valence-corrected chi connectivity index (χ4v) is 1.98. The number of pyridine rings is 1. The number of nitrogens with zero attached hydrogens (tertiary/aromatic N) is 2. The van der Waals surface area contributed by atoms with Crippen LogP contribution in [0, 0.1) is 10.1 Å². The molecule has 0 saturated carbocycles. The molecule has 1 aromatic heterocycles. The first-order valence-corrected chi connectivity index (χ1v) is 5.55. The average Bonchev–Trinajstić information content (AvgIpc) is 2.17. The van der Waals surface area contributed by atoms with E-state index in [0.717, 1.165) is 0 Å². The molecule has 82 valence electrons. The van der Waals surface area contributed by atoms with Gasteiger partial charge >= 0.3 is 0 Å². The molecule has 0 aliphatic carbocycles. The Hall–Kier alpha value is -0.850. The molecule has 0 bridgehead atoms. The number of aliphatic hydroxyl groups is 1. The van der Waals surface area contributed by atoms with Gasteiger partial charge in [-0.1, -0.05) is 11.6 Å². The first-order chi connectivity index (χ1) is 7.13. The van der Waals surface area contributed by atoms with Gasteiger partial charge in [0.15, 0.2) is 0 Å². The standard InChI is InChI=1S/C8H9ClN2O3S/c9-7-4-6(11(13)14)5-8(10-7)15-3-1-2-12/h4-5,12H,1-3H2. The van der Waals surface area contributed by atoms with Crippen LogP contribution < -0.4 is 0 Å². The zero-order valence-corrected chi connectivity index (χ0v) is 9.29. The second-order valence-electron chi connectivity index (χ2n) is 2.67. The van der Waals surface area contributed by atoms with Crippen LogP contribution in [0.4, 0.5) is 5.69 Å². The fraction of sp³-hybridized carbons (Fsp3) is 0.375. The van der Waals surface area contributed by atoms with Gasteiger partial charge in [0.2, 0.25) is 0 Å². The fourth-order valence-electron chi connectivity index (χ4n) is 0.881. The summed E-state index contributed by atoms with van der Waals surface area (Å²) in [5.74, 6) is 0.654. The van der Waals surface area contributed by atoms with Gasteiger partial charge in [-0.05, 0) is 6.42 Å². The van der Waals surface area contributed by atoms with Crippen LogP contribution in [-0.4, -0.2) is 27.4 Å². The predicted octanol–water partition coefficient (Wildman–Crippen LogP) is 2.12. The summed E-state index contributed by atoms with van der Waals surface area (Å²) in [5, 5.41) is 19.7. The minimum absolute atomic E-state index is 0.0681. The Balaban J connectivity index is 2.75. The lowest BCUT2D eigenvalue weighted by atomic mass is 10.4. The van der Waals surface area contributed by atoms with Crippen molar-refractivity contribution in [3.05, 3.63) is 27.4 Å². The van der Waals surface area contributed by atoms with E-state index >= 15 is 0 Å². The average molecular weight is 249 g/mol. The third-order valence-electron chi connectivity index (χ3n) is 1.52. The summed E-state index contributed by atoms with van der Waals surface area (Å²) in [5.41, 5.74) is -0.0681. The van der Waals surface area contributed by atoms with E-state index in [1.54, 1.807) is 0 Å². The second-order valence-corrected chi connectivity index (χ2v) is 4.17. The second kappa shape index (κ2) is 5.89. The molecule has 15 heavy (non-hydrogen) atoms. The third kappa shape index (κ3) is 4.03. The van der Waals surface area contributed by atoms with Gasteiger partial charge in [-0.25, -0.2) is 4.98 Å². The van der Waals surface area contributed by atoms with Gasteiger partial charge in [0.05, 0.1) is 11.0 Å². The van der Waals surface area contributed by atoms with Crippen molar-refractivity contribution in [1.29, 1.82) is 0 Å². The maximum atomic E-state index is 10.5. The van der Waals surface area contributed by atoms with Crippen LogP contribution >= 0.6 is 23.4 Å². The molecule has 0 atom stereocenters. The Bertz CT molecular complexity index is 362. The van der Waals surface area contributed by atoms with Crippen LogP contribution in [0.3, 0.4) is 0 Å². The number of hydrogen-bond acceptors (Lipinski definition) is 5. The Morgan fingerprint density at radius 1 is 1.60 bits per heavy atom. The monoisotopic (exact) mass is 248 g/mol. The summed E-state index contributed by atoms with van der Waals surface area (Å²) in [7, 11) is 0. The summed E-state index contributed by atoms with van der Waals surface area (Å²) in [4.78, 5) is 13.9. The highest BCUT2D eigenvalue weighted by atomic mass is 35.5. The van der Waals surface area contributed by atoms with Gasteiger partial charge in [0.1, 0.15) is 10.2 Å². The van der Waals surface area contributed by atoms with E-state index in [1.807, 2.05) is 0 Å². The highest BCUT2D eigenvalue weighted by Gasteiger charge is 2.10. The number of thioether (sulfide) groups is 1. The van der Waals surface area contributed by atoms with Crippen LogP contribution in [0.5, 0.6) is 0 Å². The molecule has 0 spiro atoms. The van der Waals surface area contributed by atoms with E-state index in [0.29, 0.717) is 17.2 Å². The van der Waals surface area contributed by atoms with E-state index < -0.39 is 4.92 Å². The molecule has 0 aromatic carbocycles. The Kier molecular flexibility index (Phi) is 4.80. The van der Waals surface area contributed by atoms with Gasteiger partial charge in [-0.3, -0.25) is 10.1 Å². The highest BCUT2D eigenvalue weighted by Crippen LogP contribution is 2.24. The maximum absolute atomic E-state index is 10.5. The molecule has 1 aromatic rings. The first-order valence-electron chi connectivity index (χ1n) is 4.19. The van der Waals surface area contributed by atoms with Crippen LogP contribution in [-0.2, 0) is 0 Å².